The van der Waals surface area contributed by atoms with Crippen molar-refractivity contribution in [3.8, 4) is 0 Å². The second-order valence-corrected chi connectivity index (χ2v) is 8.78. The van der Waals surface area contributed by atoms with Crippen LogP contribution in [0.5, 0.6) is 0 Å². The van der Waals surface area contributed by atoms with Crippen molar-refractivity contribution < 1.29 is 9.59 Å². The lowest BCUT2D eigenvalue weighted by Gasteiger charge is -2.40. The minimum absolute atomic E-state index is 0.0412. The number of amides is 2. The van der Waals surface area contributed by atoms with Crippen LogP contribution in [0, 0.1) is 5.92 Å². The summed E-state index contributed by atoms with van der Waals surface area (Å²) in [7, 11) is 0. The van der Waals surface area contributed by atoms with E-state index >= 15 is 0 Å². The van der Waals surface area contributed by atoms with Gasteiger partial charge in [0.2, 0.25) is 11.8 Å². The molecular formula is C19H30ClN5O2S. The summed E-state index contributed by atoms with van der Waals surface area (Å²) in [4.78, 5) is 37.0. The smallest absolute Gasteiger partial charge is 0.230 e. The summed E-state index contributed by atoms with van der Waals surface area (Å²) in [5, 5.41) is 3.72. The molecule has 2 heterocycles. The van der Waals surface area contributed by atoms with Gasteiger partial charge in [-0.25, -0.2) is 9.97 Å². The van der Waals surface area contributed by atoms with E-state index in [-0.39, 0.29) is 23.6 Å². The molecule has 1 aromatic rings. The number of hydrogen-bond acceptors (Lipinski definition) is 6. The van der Waals surface area contributed by atoms with Crippen LogP contribution in [-0.2, 0) is 9.59 Å². The quantitative estimate of drug-likeness (QED) is 0.390. The third-order valence-corrected chi connectivity index (χ3v) is 5.48. The van der Waals surface area contributed by atoms with Crippen LogP contribution in [-0.4, -0.2) is 64.7 Å². The Labute approximate surface area is 176 Å². The van der Waals surface area contributed by atoms with Crippen LogP contribution in [0.1, 0.15) is 40.5 Å². The number of rotatable bonds is 8. The number of halogens is 1. The highest BCUT2D eigenvalue weighted by Crippen LogP contribution is 2.24. The Morgan fingerprint density at radius 3 is 2.75 bits per heavy atom. The first kappa shape index (κ1) is 22.7. The molecule has 0 aromatic carbocycles. The lowest BCUT2D eigenvalue weighted by atomic mass is 10.1. The van der Waals surface area contributed by atoms with Crippen molar-refractivity contribution >= 4 is 41.0 Å². The number of piperazine rings is 1. The van der Waals surface area contributed by atoms with Gasteiger partial charge in [0.1, 0.15) is 11.0 Å². The topological polar surface area (TPSA) is 78.4 Å². The maximum Gasteiger partial charge on any atom is 0.230 e. The summed E-state index contributed by atoms with van der Waals surface area (Å²) in [6, 6.07) is 1.85. The second-order valence-electron chi connectivity index (χ2n) is 7.45. The van der Waals surface area contributed by atoms with Gasteiger partial charge in [0.15, 0.2) is 5.16 Å². The van der Waals surface area contributed by atoms with E-state index < -0.39 is 0 Å². The molecule has 1 aliphatic heterocycles. The van der Waals surface area contributed by atoms with Crippen molar-refractivity contribution in [3.05, 3.63) is 11.2 Å². The van der Waals surface area contributed by atoms with Gasteiger partial charge >= 0.3 is 0 Å². The van der Waals surface area contributed by atoms with Gasteiger partial charge in [0, 0.05) is 44.7 Å². The van der Waals surface area contributed by atoms with E-state index in [1.54, 1.807) is 6.07 Å². The largest absolute Gasteiger partial charge is 0.355 e. The molecule has 0 spiro atoms. The first-order chi connectivity index (χ1) is 13.3. The lowest BCUT2D eigenvalue weighted by Crippen LogP contribution is -2.54. The molecule has 0 bridgehead atoms. The number of hydrogen-bond donors (Lipinski definition) is 1. The van der Waals surface area contributed by atoms with Crippen LogP contribution in [0.4, 0.5) is 5.82 Å². The Morgan fingerprint density at radius 2 is 2.11 bits per heavy atom. The van der Waals surface area contributed by atoms with Gasteiger partial charge < -0.3 is 15.1 Å². The number of nitrogens with zero attached hydrogens (tertiary/aromatic N) is 4. The highest BCUT2D eigenvalue weighted by molar-refractivity contribution is 7.99. The van der Waals surface area contributed by atoms with Crippen LogP contribution in [0.25, 0.3) is 0 Å². The van der Waals surface area contributed by atoms with Crippen molar-refractivity contribution in [1.82, 2.24) is 20.2 Å². The predicted octanol–water partition coefficient (Wildman–Crippen LogP) is 2.83. The molecule has 28 heavy (non-hydrogen) atoms. The molecule has 1 aromatic heterocycles. The van der Waals surface area contributed by atoms with Crippen LogP contribution < -0.4 is 10.2 Å². The van der Waals surface area contributed by atoms with E-state index in [0.29, 0.717) is 48.8 Å². The normalized spacial score (nSPS) is 17.1. The van der Waals surface area contributed by atoms with Gasteiger partial charge in [-0.2, -0.15) is 0 Å². The Hall–Kier alpha value is -1.54. The molecule has 1 N–H and O–H groups in total. The van der Waals surface area contributed by atoms with Gasteiger partial charge in [-0.3, -0.25) is 9.59 Å². The van der Waals surface area contributed by atoms with Crippen LogP contribution in [0.15, 0.2) is 11.2 Å². The second kappa shape index (κ2) is 10.9. The summed E-state index contributed by atoms with van der Waals surface area (Å²) in [6.45, 7) is 10.9. The van der Waals surface area contributed by atoms with Crippen molar-refractivity contribution in [3.63, 3.8) is 0 Å². The standard InChI is InChI=1S/C19H30ClN5O2S/c1-5-6-18(27)25-8-7-24(11-14(25)4)16-9-15(20)22-19(23-16)28-12-17(26)21-10-13(2)3/h9,13-14H,5-8,10-12H2,1-4H3,(H,21,26)/t14-/m1/s1. The Kier molecular flexibility index (Phi) is 8.82. The van der Waals surface area contributed by atoms with Crippen molar-refractivity contribution in [2.75, 3.05) is 36.8 Å². The van der Waals surface area contributed by atoms with Gasteiger partial charge in [0.05, 0.1) is 5.75 Å². The molecule has 2 rings (SSSR count). The minimum Gasteiger partial charge on any atom is -0.355 e. The van der Waals surface area contributed by atoms with Crippen LogP contribution in [0.3, 0.4) is 0 Å². The maximum absolute atomic E-state index is 12.2. The van der Waals surface area contributed by atoms with E-state index in [1.165, 1.54) is 11.8 Å². The highest BCUT2D eigenvalue weighted by atomic mass is 35.5. The van der Waals surface area contributed by atoms with Gasteiger partial charge in [0.25, 0.3) is 0 Å². The maximum atomic E-state index is 12.2. The van der Waals surface area contributed by atoms with Crippen molar-refractivity contribution in [2.45, 2.75) is 51.7 Å². The van der Waals surface area contributed by atoms with E-state index in [0.717, 1.165) is 12.2 Å². The average Bonchev–Trinajstić information content (AvgIpc) is 2.64. The van der Waals surface area contributed by atoms with E-state index in [1.807, 2.05) is 11.8 Å². The molecular weight excluding hydrogens is 398 g/mol. The number of nitrogens with one attached hydrogen (secondary N) is 1. The van der Waals surface area contributed by atoms with E-state index in [9.17, 15) is 9.59 Å². The molecule has 1 atom stereocenters. The summed E-state index contributed by atoms with van der Waals surface area (Å²) >= 11 is 7.46. The third-order valence-electron chi connectivity index (χ3n) is 4.44. The summed E-state index contributed by atoms with van der Waals surface area (Å²) in [6.07, 6.45) is 1.45. The van der Waals surface area contributed by atoms with Gasteiger partial charge in [-0.1, -0.05) is 44.1 Å². The van der Waals surface area contributed by atoms with E-state index in [2.05, 4.69) is 41.0 Å². The average molecular weight is 428 g/mol. The van der Waals surface area contributed by atoms with Crippen molar-refractivity contribution in [1.29, 1.82) is 0 Å². The lowest BCUT2D eigenvalue weighted by molar-refractivity contribution is -0.133. The summed E-state index contributed by atoms with van der Waals surface area (Å²) < 4.78 is 0. The Morgan fingerprint density at radius 1 is 1.36 bits per heavy atom. The molecule has 7 nitrogen and oxygen atoms in total. The number of aromatic nitrogens is 2. The van der Waals surface area contributed by atoms with Gasteiger partial charge in [-0.05, 0) is 19.3 Å². The number of carbonyl (C=O) groups excluding carboxylic acids is 2. The molecule has 0 unspecified atom stereocenters. The molecule has 2 amide bonds. The zero-order chi connectivity index (χ0) is 20.7. The SMILES string of the molecule is CCCC(=O)N1CCN(c2cc(Cl)nc(SCC(=O)NCC(C)C)n2)C[C@H]1C. The molecule has 1 fully saturated rings. The van der Waals surface area contributed by atoms with Crippen LogP contribution in [0.2, 0.25) is 5.15 Å². The fraction of sp³-hybridized carbons (Fsp3) is 0.684. The fourth-order valence-electron chi connectivity index (χ4n) is 3.00. The minimum atomic E-state index is -0.0412. The monoisotopic (exact) mass is 427 g/mol. The van der Waals surface area contributed by atoms with Gasteiger partial charge in [-0.15, -0.1) is 0 Å². The first-order valence-electron chi connectivity index (χ1n) is 9.78. The molecule has 1 aliphatic rings. The number of carbonyl (C=O) groups is 2. The molecule has 156 valence electrons. The molecule has 1 saturated heterocycles. The van der Waals surface area contributed by atoms with E-state index in [4.69, 9.17) is 11.6 Å². The highest BCUT2D eigenvalue weighted by Gasteiger charge is 2.28. The summed E-state index contributed by atoms with van der Waals surface area (Å²) in [5.74, 6) is 1.56. The first-order valence-corrected chi connectivity index (χ1v) is 11.1. The fourth-order valence-corrected chi connectivity index (χ4v) is 3.92. The number of thioether (sulfide) groups is 1. The molecule has 0 radical (unpaired) electrons. The summed E-state index contributed by atoms with van der Waals surface area (Å²) in [5.41, 5.74) is 0. The van der Waals surface area contributed by atoms with Crippen LogP contribution >= 0.6 is 23.4 Å². The zero-order valence-electron chi connectivity index (χ0n) is 17.1. The predicted molar refractivity (Wildman–Crippen MR) is 114 cm³/mol. The molecule has 0 saturated carbocycles. The van der Waals surface area contributed by atoms with Crippen molar-refractivity contribution in [2.24, 2.45) is 5.92 Å². The molecule has 9 heteroatoms. The zero-order valence-corrected chi connectivity index (χ0v) is 18.6. The Balaban J connectivity index is 1.97. The third kappa shape index (κ3) is 6.81. The number of anilines is 1. The Bertz CT molecular complexity index is 688. The molecule has 0 aliphatic carbocycles.